The van der Waals surface area contributed by atoms with Crippen LogP contribution in [0.4, 0.5) is 18.9 Å². The summed E-state index contributed by atoms with van der Waals surface area (Å²) in [5.41, 5.74) is 0.971. The largest absolute Gasteiger partial charge is 0.406 e. The first-order valence-electron chi connectivity index (χ1n) is 8.77. The quantitative estimate of drug-likeness (QED) is 0.887. The van der Waals surface area contributed by atoms with E-state index < -0.39 is 24.5 Å². The molecule has 0 saturated carbocycles. The summed E-state index contributed by atoms with van der Waals surface area (Å²) in [6, 6.07) is 9.77. The van der Waals surface area contributed by atoms with Crippen molar-refractivity contribution in [3.05, 3.63) is 30.3 Å². The molecule has 0 aromatic heterocycles. The maximum atomic E-state index is 12.7. The number of anilines is 1. The first kappa shape index (κ1) is 18.5. The number of halogens is 3. The topological polar surface area (TPSA) is 52.7 Å². The summed E-state index contributed by atoms with van der Waals surface area (Å²) in [6.45, 7) is -0.355. The highest BCUT2D eigenvalue weighted by atomic mass is 19.4. The summed E-state index contributed by atoms with van der Waals surface area (Å²) in [5.74, 6) is -1.50. The minimum absolute atomic E-state index is 0.0958. The number of benzene rings is 1. The number of nitrogens with zero attached hydrogens (tertiary/aromatic N) is 2. The maximum Gasteiger partial charge on any atom is 0.406 e. The molecule has 142 valence electrons. The van der Waals surface area contributed by atoms with Crippen LogP contribution in [-0.2, 0) is 9.59 Å². The average Bonchev–Trinajstić information content (AvgIpc) is 2.94. The van der Waals surface area contributed by atoms with Gasteiger partial charge in [-0.3, -0.25) is 9.59 Å². The molecular formula is C18H22F3N3O2. The van der Waals surface area contributed by atoms with Gasteiger partial charge >= 0.3 is 6.18 Å². The van der Waals surface area contributed by atoms with E-state index in [4.69, 9.17) is 0 Å². The molecule has 2 amide bonds. The SMILES string of the molecule is O=C1CC(C(=O)N2CCCC(Nc3ccccc3)C2)CN1CC(F)(F)F. The molecule has 2 fully saturated rings. The van der Waals surface area contributed by atoms with Crippen molar-refractivity contribution in [2.75, 3.05) is 31.5 Å². The van der Waals surface area contributed by atoms with E-state index in [9.17, 15) is 22.8 Å². The van der Waals surface area contributed by atoms with Crippen LogP contribution < -0.4 is 5.32 Å². The fraction of sp³-hybridized carbons (Fsp3) is 0.556. The number of piperidine rings is 1. The molecule has 0 spiro atoms. The molecule has 2 aliphatic heterocycles. The minimum atomic E-state index is -4.44. The fourth-order valence-electron chi connectivity index (χ4n) is 3.63. The third kappa shape index (κ3) is 4.68. The smallest absolute Gasteiger partial charge is 0.381 e. The molecule has 5 nitrogen and oxygen atoms in total. The van der Waals surface area contributed by atoms with Crippen LogP contribution in [0.3, 0.4) is 0 Å². The molecule has 2 heterocycles. The van der Waals surface area contributed by atoms with Crippen LogP contribution in [0, 0.1) is 5.92 Å². The van der Waals surface area contributed by atoms with Crippen molar-refractivity contribution in [3.63, 3.8) is 0 Å². The van der Waals surface area contributed by atoms with Gasteiger partial charge in [0.15, 0.2) is 0 Å². The van der Waals surface area contributed by atoms with Gasteiger partial charge in [-0.05, 0) is 25.0 Å². The van der Waals surface area contributed by atoms with E-state index in [1.807, 2.05) is 30.3 Å². The Labute approximate surface area is 150 Å². The number of hydrogen-bond acceptors (Lipinski definition) is 3. The molecule has 3 rings (SSSR count). The van der Waals surface area contributed by atoms with Gasteiger partial charge < -0.3 is 15.1 Å². The summed E-state index contributed by atoms with van der Waals surface area (Å²) in [5, 5.41) is 3.38. The maximum absolute atomic E-state index is 12.7. The van der Waals surface area contributed by atoms with Crippen LogP contribution in [0.2, 0.25) is 0 Å². The number of para-hydroxylation sites is 1. The van der Waals surface area contributed by atoms with E-state index in [0.717, 1.165) is 23.4 Å². The summed E-state index contributed by atoms with van der Waals surface area (Å²) in [7, 11) is 0. The zero-order valence-electron chi connectivity index (χ0n) is 14.3. The number of carbonyl (C=O) groups is 2. The van der Waals surface area contributed by atoms with Crippen LogP contribution in [0.1, 0.15) is 19.3 Å². The zero-order valence-corrected chi connectivity index (χ0v) is 14.3. The summed E-state index contributed by atoms with van der Waals surface area (Å²) in [6.07, 6.45) is -2.84. The molecule has 1 aromatic carbocycles. The molecule has 1 N–H and O–H groups in total. The summed E-state index contributed by atoms with van der Waals surface area (Å²) in [4.78, 5) is 26.9. The van der Waals surface area contributed by atoms with Crippen LogP contribution in [0.15, 0.2) is 30.3 Å². The highest BCUT2D eigenvalue weighted by Crippen LogP contribution is 2.26. The lowest BCUT2D eigenvalue weighted by Crippen LogP contribution is -2.47. The number of hydrogen-bond donors (Lipinski definition) is 1. The van der Waals surface area contributed by atoms with Crippen molar-refractivity contribution in [3.8, 4) is 0 Å². The lowest BCUT2D eigenvalue weighted by atomic mass is 10.0. The first-order chi connectivity index (χ1) is 12.3. The second kappa shape index (κ2) is 7.55. The number of alkyl halides is 3. The highest BCUT2D eigenvalue weighted by Gasteiger charge is 2.42. The zero-order chi connectivity index (χ0) is 18.7. The van der Waals surface area contributed by atoms with Gasteiger partial charge in [-0.25, -0.2) is 0 Å². The molecule has 2 unspecified atom stereocenters. The minimum Gasteiger partial charge on any atom is -0.381 e. The molecule has 0 aliphatic carbocycles. The summed E-state index contributed by atoms with van der Waals surface area (Å²) >= 11 is 0. The predicted octanol–water partition coefficient (Wildman–Crippen LogP) is 2.50. The molecule has 8 heteroatoms. The van der Waals surface area contributed by atoms with Gasteiger partial charge in [0.1, 0.15) is 6.54 Å². The Morgan fingerprint density at radius 1 is 1.19 bits per heavy atom. The van der Waals surface area contributed by atoms with Crippen molar-refractivity contribution >= 4 is 17.5 Å². The van der Waals surface area contributed by atoms with Crippen molar-refractivity contribution in [2.45, 2.75) is 31.5 Å². The number of carbonyl (C=O) groups excluding carboxylic acids is 2. The van der Waals surface area contributed by atoms with Crippen LogP contribution in [0.25, 0.3) is 0 Å². The molecule has 2 aliphatic rings. The fourth-order valence-corrected chi connectivity index (χ4v) is 3.63. The normalized spacial score (nSPS) is 24.0. The first-order valence-corrected chi connectivity index (χ1v) is 8.77. The van der Waals surface area contributed by atoms with Crippen molar-refractivity contribution in [1.82, 2.24) is 9.80 Å². The Hall–Kier alpha value is -2.25. The molecule has 1 aromatic rings. The summed E-state index contributed by atoms with van der Waals surface area (Å²) < 4.78 is 37.6. The number of likely N-dealkylation sites (tertiary alicyclic amines) is 2. The van der Waals surface area contributed by atoms with Crippen molar-refractivity contribution in [2.24, 2.45) is 5.92 Å². The van der Waals surface area contributed by atoms with Gasteiger partial charge in [0, 0.05) is 37.8 Å². The van der Waals surface area contributed by atoms with E-state index in [-0.39, 0.29) is 24.9 Å². The molecule has 2 saturated heterocycles. The van der Waals surface area contributed by atoms with Gasteiger partial charge in [0.2, 0.25) is 11.8 Å². The number of amides is 2. The van der Waals surface area contributed by atoms with Crippen molar-refractivity contribution < 1.29 is 22.8 Å². The van der Waals surface area contributed by atoms with Gasteiger partial charge in [-0.15, -0.1) is 0 Å². The Kier molecular flexibility index (Phi) is 5.38. The Morgan fingerprint density at radius 2 is 1.92 bits per heavy atom. The molecule has 26 heavy (non-hydrogen) atoms. The second-order valence-electron chi connectivity index (χ2n) is 6.92. The van der Waals surface area contributed by atoms with Crippen LogP contribution in [-0.4, -0.2) is 60.0 Å². The van der Waals surface area contributed by atoms with Gasteiger partial charge in [0.05, 0.1) is 5.92 Å². The van der Waals surface area contributed by atoms with Gasteiger partial charge in [0.25, 0.3) is 0 Å². The highest BCUT2D eigenvalue weighted by molar-refractivity contribution is 5.89. The Bertz CT molecular complexity index is 651. The molecular weight excluding hydrogens is 347 g/mol. The van der Waals surface area contributed by atoms with E-state index in [1.165, 1.54) is 0 Å². The number of nitrogens with one attached hydrogen (secondary N) is 1. The van der Waals surface area contributed by atoms with E-state index in [1.54, 1.807) is 4.90 Å². The van der Waals surface area contributed by atoms with E-state index in [0.29, 0.717) is 13.1 Å². The van der Waals surface area contributed by atoms with E-state index >= 15 is 0 Å². The standard InChI is InChI=1S/C18H22F3N3O2/c19-18(20,21)12-24-10-13(9-16(24)25)17(26)23-8-4-7-15(11-23)22-14-5-2-1-3-6-14/h1-3,5-6,13,15,22H,4,7-12H2. The second-order valence-corrected chi connectivity index (χ2v) is 6.92. The Morgan fingerprint density at radius 3 is 2.62 bits per heavy atom. The van der Waals surface area contributed by atoms with Crippen molar-refractivity contribution in [1.29, 1.82) is 0 Å². The predicted molar refractivity (Wildman–Crippen MR) is 90.4 cm³/mol. The average molecular weight is 369 g/mol. The third-order valence-corrected chi connectivity index (χ3v) is 4.81. The molecule has 0 bridgehead atoms. The lowest BCUT2D eigenvalue weighted by Gasteiger charge is -2.35. The van der Waals surface area contributed by atoms with Gasteiger partial charge in [-0.2, -0.15) is 13.2 Å². The molecule has 2 atom stereocenters. The monoisotopic (exact) mass is 369 g/mol. The van der Waals surface area contributed by atoms with Crippen LogP contribution in [0.5, 0.6) is 0 Å². The van der Waals surface area contributed by atoms with E-state index in [2.05, 4.69) is 5.32 Å². The lowest BCUT2D eigenvalue weighted by molar-refractivity contribution is -0.157. The molecule has 0 radical (unpaired) electrons. The third-order valence-electron chi connectivity index (χ3n) is 4.81. The number of rotatable bonds is 4. The van der Waals surface area contributed by atoms with Crippen LogP contribution >= 0.6 is 0 Å². The Balaban J connectivity index is 1.57. The van der Waals surface area contributed by atoms with Gasteiger partial charge in [-0.1, -0.05) is 18.2 Å².